The maximum absolute atomic E-state index is 12.6. The Bertz CT molecular complexity index is 1190. The van der Waals surface area contributed by atoms with Crippen molar-refractivity contribution in [1.82, 2.24) is 4.90 Å². The van der Waals surface area contributed by atoms with Crippen LogP contribution in [0.4, 0.5) is 4.79 Å². The fourth-order valence-corrected chi connectivity index (χ4v) is 4.20. The van der Waals surface area contributed by atoms with Crippen LogP contribution in [-0.4, -0.2) is 29.2 Å². The van der Waals surface area contributed by atoms with Crippen molar-refractivity contribution in [3.8, 4) is 17.1 Å². The van der Waals surface area contributed by atoms with Crippen molar-refractivity contribution in [3.05, 3.63) is 80.3 Å². The molecule has 2 aromatic carbocycles. The van der Waals surface area contributed by atoms with E-state index in [0.717, 1.165) is 22.2 Å². The molecule has 0 spiro atoms. The normalized spacial score (nSPS) is 15.2. The highest BCUT2D eigenvalue weighted by Crippen LogP contribution is 2.34. The summed E-state index contributed by atoms with van der Waals surface area (Å²) in [5, 5.41) is 0.962. The van der Waals surface area contributed by atoms with Gasteiger partial charge in [0, 0.05) is 11.6 Å². The van der Waals surface area contributed by atoms with Crippen LogP contribution in [0.1, 0.15) is 5.76 Å². The number of amides is 2. The molecule has 2 amide bonds. The molecule has 31 heavy (non-hydrogen) atoms. The summed E-state index contributed by atoms with van der Waals surface area (Å²) in [6, 6.07) is 15.6. The molecular formula is C22H14Cl3NO4S. The monoisotopic (exact) mass is 493 g/mol. The molecule has 1 aliphatic heterocycles. The summed E-state index contributed by atoms with van der Waals surface area (Å²) in [4.78, 5) is 26.3. The number of rotatable bonds is 6. The van der Waals surface area contributed by atoms with E-state index in [1.807, 2.05) is 0 Å². The molecule has 4 rings (SSSR count). The summed E-state index contributed by atoms with van der Waals surface area (Å²) in [6.45, 7) is 0.247. The van der Waals surface area contributed by atoms with E-state index >= 15 is 0 Å². The van der Waals surface area contributed by atoms with Gasteiger partial charge in [-0.15, -0.1) is 0 Å². The number of hydrogen-bond acceptors (Lipinski definition) is 5. The van der Waals surface area contributed by atoms with Gasteiger partial charge in [-0.1, -0.05) is 46.9 Å². The second-order valence-electron chi connectivity index (χ2n) is 6.44. The number of benzene rings is 2. The number of furan rings is 1. The average molecular weight is 495 g/mol. The molecule has 1 saturated heterocycles. The van der Waals surface area contributed by atoms with E-state index < -0.39 is 5.91 Å². The fourth-order valence-electron chi connectivity index (χ4n) is 2.87. The number of para-hydroxylation sites is 1. The molecule has 158 valence electrons. The molecule has 0 atom stereocenters. The van der Waals surface area contributed by atoms with Gasteiger partial charge in [0.2, 0.25) is 0 Å². The molecular weight excluding hydrogens is 481 g/mol. The third-order valence-corrected chi connectivity index (χ3v) is 6.35. The zero-order valence-corrected chi connectivity index (χ0v) is 18.9. The van der Waals surface area contributed by atoms with Gasteiger partial charge in [0.25, 0.3) is 11.1 Å². The van der Waals surface area contributed by atoms with E-state index in [4.69, 9.17) is 44.0 Å². The predicted molar refractivity (Wildman–Crippen MR) is 124 cm³/mol. The van der Waals surface area contributed by atoms with E-state index in [0.29, 0.717) is 32.3 Å². The number of halogens is 3. The second-order valence-corrected chi connectivity index (χ2v) is 8.66. The number of nitrogens with zero attached hydrogens (tertiary/aromatic N) is 1. The third-order valence-electron chi connectivity index (χ3n) is 4.39. The van der Waals surface area contributed by atoms with Crippen LogP contribution in [-0.2, 0) is 4.79 Å². The van der Waals surface area contributed by atoms with Crippen molar-refractivity contribution in [3.63, 3.8) is 0 Å². The van der Waals surface area contributed by atoms with E-state index in [9.17, 15) is 9.59 Å². The molecule has 1 aliphatic rings. The van der Waals surface area contributed by atoms with E-state index in [-0.39, 0.29) is 23.3 Å². The van der Waals surface area contributed by atoms with Crippen molar-refractivity contribution in [1.29, 1.82) is 0 Å². The Hall–Kier alpha value is -2.38. The molecule has 5 nitrogen and oxygen atoms in total. The number of hydrogen-bond donors (Lipinski definition) is 0. The first-order valence-electron chi connectivity index (χ1n) is 9.10. The first-order valence-corrected chi connectivity index (χ1v) is 11.1. The third kappa shape index (κ3) is 4.93. The van der Waals surface area contributed by atoms with Crippen molar-refractivity contribution in [2.45, 2.75) is 0 Å². The van der Waals surface area contributed by atoms with Crippen LogP contribution in [0.25, 0.3) is 17.4 Å². The Morgan fingerprint density at radius 2 is 1.77 bits per heavy atom. The van der Waals surface area contributed by atoms with Crippen molar-refractivity contribution in [2.75, 3.05) is 13.2 Å². The molecule has 2 heterocycles. The van der Waals surface area contributed by atoms with Gasteiger partial charge in [-0.25, -0.2) is 0 Å². The highest BCUT2D eigenvalue weighted by molar-refractivity contribution is 8.18. The Kier molecular flexibility index (Phi) is 6.62. The van der Waals surface area contributed by atoms with Crippen LogP contribution in [0.5, 0.6) is 5.75 Å². The predicted octanol–water partition coefficient (Wildman–Crippen LogP) is 7.02. The molecule has 0 saturated carbocycles. The Morgan fingerprint density at radius 3 is 2.55 bits per heavy atom. The van der Waals surface area contributed by atoms with E-state index in [1.165, 1.54) is 0 Å². The maximum Gasteiger partial charge on any atom is 0.293 e. The second kappa shape index (κ2) is 9.40. The fraction of sp³-hybridized carbons (Fsp3) is 0.0909. The van der Waals surface area contributed by atoms with Gasteiger partial charge >= 0.3 is 0 Å². The number of carbonyl (C=O) groups excluding carboxylic acids is 2. The molecule has 0 bridgehead atoms. The quantitative estimate of drug-likeness (QED) is 0.345. The van der Waals surface area contributed by atoms with Crippen LogP contribution in [0.15, 0.2) is 63.9 Å². The SMILES string of the molecule is O=C1S/C(=C\c2ccc(-c3ccc(Cl)c(Cl)c3)o2)C(=O)N1CCOc1ccccc1Cl. The van der Waals surface area contributed by atoms with Crippen molar-refractivity contribution < 1.29 is 18.7 Å². The van der Waals surface area contributed by atoms with Crippen molar-refractivity contribution >= 4 is 63.8 Å². The first-order chi connectivity index (χ1) is 14.9. The summed E-state index contributed by atoms with van der Waals surface area (Å²) in [6.07, 6.45) is 1.54. The largest absolute Gasteiger partial charge is 0.490 e. The summed E-state index contributed by atoms with van der Waals surface area (Å²) in [5.74, 6) is 1.11. The average Bonchev–Trinajstić information content (AvgIpc) is 3.31. The van der Waals surface area contributed by atoms with E-state index in [1.54, 1.807) is 60.7 Å². The molecule has 1 fully saturated rings. The molecule has 0 unspecified atom stereocenters. The number of ether oxygens (including phenoxy) is 1. The minimum atomic E-state index is -0.398. The minimum Gasteiger partial charge on any atom is -0.490 e. The molecule has 3 aromatic rings. The van der Waals surface area contributed by atoms with E-state index in [2.05, 4.69) is 0 Å². The van der Waals surface area contributed by atoms with Crippen molar-refractivity contribution in [2.24, 2.45) is 0 Å². The minimum absolute atomic E-state index is 0.111. The topological polar surface area (TPSA) is 59.8 Å². The van der Waals surface area contributed by atoms with Gasteiger partial charge in [-0.2, -0.15) is 0 Å². The molecule has 0 N–H and O–H groups in total. The number of thioether (sulfide) groups is 1. The van der Waals surface area contributed by atoms with Crippen LogP contribution in [0.2, 0.25) is 15.1 Å². The van der Waals surface area contributed by atoms with Crippen LogP contribution in [0, 0.1) is 0 Å². The summed E-state index contributed by atoms with van der Waals surface area (Å²) in [7, 11) is 0. The summed E-state index contributed by atoms with van der Waals surface area (Å²) >= 11 is 18.9. The lowest BCUT2D eigenvalue weighted by Crippen LogP contribution is -2.32. The highest BCUT2D eigenvalue weighted by Gasteiger charge is 2.35. The lowest BCUT2D eigenvalue weighted by molar-refractivity contribution is -0.123. The van der Waals surface area contributed by atoms with Crippen LogP contribution in [0.3, 0.4) is 0 Å². The number of imide groups is 1. The maximum atomic E-state index is 12.6. The van der Waals surface area contributed by atoms with Gasteiger partial charge in [0.05, 0.1) is 26.5 Å². The first kappa shape index (κ1) is 21.8. The molecule has 0 radical (unpaired) electrons. The van der Waals surface area contributed by atoms with Gasteiger partial charge in [0.1, 0.15) is 23.9 Å². The van der Waals surface area contributed by atoms with Gasteiger partial charge in [0.15, 0.2) is 0 Å². The summed E-state index contributed by atoms with van der Waals surface area (Å²) < 4.78 is 11.4. The van der Waals surface area contributed by atoms with Gasteiger partial charge in [-0.3, -0.25) is 14.5 Å². The van der Waals surface area contributed by atoms with Crippen LogP contribution >= 0.6 is 46.6 Å². The zero-order valence-electron chi connectivity index (χ0n) is 15.8. The molecule has 1 aromatic heterocycles. The Balaban J connectivity index is 1.43. The number of carbonyl (C=O) groups is 2. The van der Waals surface area contributed by atoms with Crippen LogP contribution < -0.4 is 4.74 Å². The lowest BCUT2D eigenvalue weighted by Gasteiger charge is -2.13. The molecule has 0 aliphatic carbocycles. The zero-order chi connectivity index (χ0) is 22.0. The lowest BCUT2D eigenvalue weighted by atomic mass is 10.2. The van der Waals surface area contributed by atoms with Gasteiger partial charge < -0.3 is 9.15 Å². The van der Waals surface area contributed by atoms with Gasteiger partial charge in [-0.05, 0) is 54.2 Å². The summed E-state index contributed by atoms with van der Waals surface area (Å²) in [5.41, 5.74) is 0.749. The highest BCUT2D eigenvalue weighted by atomic mass is 35.5. The Morgan fingerprint density at radius 1 is 0.968 bits per heavy atom. The Labute approximate surface area is 197 Å². The molecule has 9 heteroatoms. The smallest absolute Gasteiger partial charge is 0.293 e. The standard InChI is InChI=1S/C22H14Cl3NO4S/c23-15-7-5-13(11-17(15)25)18-8-6-14(30-18)12-20-21(27)26(22(28)31-20)9-10-29-19-4-2-1-3-16(19)24/h1-8,11-12H,9-10H2/b20-12-.